The first-order valence-corrected chi connectivity index (χ1v) is 11.4. The molecule has 0 aromatic heterocycles. The molecule has 7 heteroatoms. The lowest BCUT2D eigenvalue weighted by Gasteiger charge is -2.37. The van der Waals surface area contributed by atoms with Crippen molar-refractivity contribution in [2.24, 2.45) is 4.99 Å². The van der Waals surface area contributed by atoms with Crippen molar-refractivity contribution in [3.8, 4) is 0 Å². The molecular weight excluding hydrogens is 378 g/mol. The molecule has 0 amide bonds. The zero-order valence-electron chi connectivity index (χ0n) is 18.6. The Bertz CT molecular complexity index is 681. The molecule has 3 fully saturated rings. The summed E-state index contributed by atoms with van der Waals surface area (Å²) in [7, 11) is 4.06. The maximum atomic E-state index is 5.97. The summed E-state index contributed by atoms with van der Waals surface area (Å²) in [5.41, 5.74) is 2.67. The summed E-state index contributed by atoms with van der Waals surface area (Å²) in [5, 5.41) is 3.54. The first kappa shape index (κ1) is 21.6. The highest BCUT2D eigenvalue weighted by Gasteiger charge is 2.32. The molecule has 0 aliphatic carbocycles. The van der Waals surface area contributed by atoms with Crippen LogP contribution in [0.5, 0.6) is 0 Å². The number of nitrogens with zero attached hydrogens (tertiary/aromatic N) is 4. The van der Waals surface area contributed by atoms with Gasteiger partial charge in [-0.1, -0.05) is 24.3 Å². The highest BCUT2D eigenvalue weighted by molar-refractivity contribution is 5.80. The van der Waals surface area contributed by atoms with Crippen molar-refractivity contribution >= 4 is 5.96 Å². The maximum Gasteiger partial charge on any atom is 0.194 e. The SMILES string of the molecule is CN=C(NCc1ccc(CN2CCN(C)CC2)cc1)N1CCOC(C2CCCO2)C1. The van der Waals surface area contributed by atoms with Crippen molar-refractivity contribution in [3.63, 3.8) is 0 Å². The molecule has 0 radical (unpaired) electrons. The summed E-state index contributed by atoms with van der Waals surface area (Å²) in [4.78, 5) is 11.8. The van der Waals surface area contributed by atoms with E-state index in [0.29, 0.717) is 0 Å². The van der Waals surface area contributed by atoms with Gasteiger partial charge in [0.05, 0.1) is 12.7 Å². The second kappa shape index (κ2) is 10.6. The Labute approximate surface area is 181 Å². The summed E-state index contributed by atoms with van der Waals surface area (Å²) in [6.07, 6.45) is 2.63. The number of morpholine rings is 1. The molecule has 0 bridgehead atoms. The van der Waals surface area contributed by atoms with Crippen LogP contribution in [-0.4, -0.2) is 99.4 Å². The highest BCUT2D eigenvalue weighted by atomic mass is 16.5. The number of rotatable bonds is 5. The van der Waals surface area contributed by atoms with Gasteiger partial charge in [0.2, 0.25) is 0 Å². The summed E-state index contributed by atoms with van der Waals surface area (Å²) >= 11 is 0. The van der Waals surface area contributed by atoms with E-state index in [0.717, 1.165) is 84.4 Å². The largest absolute Gasteiger partial charge is 0.375 e. The average molecular weight is 416 g/mol. The van der Waals surface area contributed by atoms with Gasteiger partial charge in [0.15, 0.2) is 5.96 Å². The number of likely N-dealkylation sites (N-methyl/N-ethyl adjacent to an activating group) is 1. The van der Waals surface area contributed by atoms with Crippen molar-refractivity contribution in [2.75, 3.05) is 66.6 Å². The Morgan fingerprint density at radius 3 is 2.43 bits per heavy atom. The Morgan fingerprint density at radius 1 is 1.00 bits per heavy atom. The van der Waals surface area contributed by atoms with Crippen LogP contribution in [0.1, 0.15) is 24.0 Å². The van der Waals surface area contributed by atoms with Crippen LogP contribution in [0.2, 0.25) is 0 Å². The van der Waals surface area contributed by atoms with E-state index in [1.807, 2.05) is 7.05 Å². The molecule has 1 N–H and O–H groups in total. The number of hydrogen-bond donors (Lipinski definition) is 1. The van der Waals surface area contributed by atoms with Crippen molar-refractivity contribution in [2.45, 2.75) is 38.1 Å². The second-order valence-corrected chi connectivity index (χ2v) is 8.70. The number of nitrogens with one attached hydrogen (secondary N) is 1. The molecule has 1 aromatic rings. The molecule has 0 spiro atoms. The fourth-order valence-corrected chi connectivity index (χ4v) is 4.53. The van der Waals surface area contributed by atoms with Crippen LogP contribution < -0.4 is 5.32 Å². The van der Waals surface area contributed by atoms with Gasteiger partial charge in [-0.25, -0.2) is 0 Å². The number of benzene rings is 1. The zero-order chi connectivity index (χ0) is 20.8. The summed E-state index contributed by atoms with van der Waals surface area (Å²) in [6, 6.07) is 9.00. The molecule has 166 valence electrons. The minimum atomic E-state index is 0.147. The van der Waals surface area contributed by atoms with E-state index in [1.165, 1.54) is 11.1 Å². The molecular formula is C23H37N5O2. The summed E-state index contributed by atoms with van der Waals surface area (Å²) < 4.78 is 11.8. The number of aliphatic imine (C=N–C) groups is 1. The van der Waals surface area contributed by atoms with Crippen LogP contribution in [0, 0.1) is 0 Å². The molecule has 30 heavy (non-hydrogen) atoms. The predicted molar refractivity (Wildman–Crippen MR) is 120 cm³/mol. The van der Waals surface area contributed by atoms with Crippen LogP contribution in [-0.2, 0) is 22.6 Å². The predicted octanol–water partition coefficient (Wildman–Crippen LogP) is 1.39. The van der Waals surface area contributed by atoms with Gasteiger partial charge in [0.1, 0.15) is 6.10 Å². The smallest absolute Gasteiger partial charge is 0.194 e. The maximum absolute atomic E-state index is 5.97. The van der Waals surface area contributed by atoms with Crippen LogP contribution in [0.15, 0.2) is 29.3 Å². The van der Waals surface area contributed by atoms with Crippen molar-refractivity contribution < 1.29 is 9.47 Å². The van der Waals surface area contributed by atoms with E-state index in [2.05, 4.69) is 56.3 Å². The molecule has 3 saturated heterocycles. The standard InChI is InChI=1S/C23H37N5O2/c1-24-23(28-13-15-30-22(18-28)21-4-3-14-29-21)25-16-19-5-7-20(8-6-19)17-27-11-9-26(2)10-12-27/h5-8,21-22H,3-4,9-18H2,1-2H3,(H,24,25). The Kier molecular flexibility index (Phi) is 7.60. The van der Waals surface area contributed by atoms with E-state index >= 15 is 0 Å². The van der Waals surface area contributed by atoms with Gasteiger partial charge in [-0.05, 0) is 31.0 Å². The third-order valence-corrected chi connectivity index (χ3v) is 6.46. The topological polar surface area (TPSA) is 52.6 Å². The zero-order valence-corrected chi connectivity index (χ0v) is 18.6. The number of hydrogen-bond acceptors (Lipinski definition) is 5. The fourth-order valence-electron chi connectivity index (χ4n) is 4.53. The van der Waals surface area contributed by atoms with Crippen LogP contribution in [0.25, 0.3) is 0 Å². The van der Waals surface area contributed by atoms with Gasteiger partial charge >= 0.3 is 0 Å². The van der Waals surface area contributed by atoms with Gasteiger partial charge in [-0.2, -0.15) is 0 Å². The van der Waals surface area contributed by atoms with Crippen LogP contribution in [0.3, 0.4) is 0 Å². The monoisotopic (exact) mass is 415 g/mol. The normalized spacial score (nSPS) is 26.9. The van der Waals surface area contributed by atoms with Crippen molar-refractivity contribution in [1.82, 2.24) is 20.0 Å². The van der Waals surface area contributed by atoms with E-state index in [1.54, 1.807) is 0 Å². The third kappa shape index (κ3) is 5.72. The lowest BCUT2D eigenvalue weighted by Crippen LogP contribution is -2.53. The molecule has 2 unspecified atom stereocenters. The Balaban J connectivity index is 1.25. The van der Waals surface area contributed by atoms with E-state index < -0.39 is 0 Å². The molecule has 3 aliphatic rings. The van der Waals surface area contributed by atoms with E-state index in [4.69, 9.17) is 9.47 Å². The molecule has 3 aliphatic heterocycles. The third-order valence-electron chi connectivity index (χ3n) is 6.46. The molecule has 3 heterocycles. The highest BCUT2D eigenvalue weighted by Crippen LogP contribution is 2.21. The van der Waals surface area contributed by atoms with Gasteiger partial charge in [-0.15, -0.1) is 0 Å². The number of piperazine rings is 1. The van der Waals surface area contributed by atoms with Gasteiger partial charge < -0.3 is 24.6 Å². The van der Waals surface area contributed by atoms with Gasteiger partial charge in [-0.3, -0.25) is 9.89 Å². The van der Waals surface area contributed by atoms with Crippen LogP contribution >= 0.6 is 0 Å². The molecule has 0 saturated carbocycles. The molecule has 2 atom stereocenters. The minimum Gasteiger partial charge on any atom is -0.375 e. The fraction of sp³-hybridized carbons (Fsp3) is 0.696. The summed E-state index contributed by atoms with van der Waals surface area (Å²) in [5.74, 6) is 0.947. The summed E-state index contributed by atoms with van der Waals surface area (Å²) in [6.45, 7) is 9.76. The Morgan fingerprint density at radius 2 is 1.73 bits per heavy atom. The number of ether oxygens (including phenoxy) is 2. The van der Waals surface area contributed by atoms with Gasteiger partial charge in [0.25, 0.3) is 0 Å². The lowest BCUT2D eigenvalue weighted by atomic mass is 10.1. The number of guanidine groups is 1. The van der Waals surface area contributed by atoms with Crippen molar-refractivity contribution in [1.29, 1.82) is 0 Å². The molecule has 7 nitrogen and oxygen atoms in total. The van der Waals surface area contributed by atoms with Crippen molar-refractivity contribution in [3.05, 3.63) is 35.4 Å². The lowest BCUT2D eigenvalue weighted by molar-refractivity contribution is -0.0817. The van der Waals surface area contributed by atoms with Crippen LogP contribution in [0.4, 0.5) is 0 Å². The molecule has 4 rings (SSSR count). The quantitative estimate of drug-likeness (QED) is 0.579. The Hall–Kier alpha value is -1.67. The minimum absolute atomic E-state index is 0.147. The average Bonchev–Trinajstić information content (AvgIpc) is 3.32. The van der Waals surface area contributed by atoms with E-state index in [9.17, 15) is 0 Å². The van der Waals surface area contributed by atoms with Gasteiger partial charge in [0, 0.05) is 66.0 Å². The molecule has 1 aromatic carbocycles. The van der Waals surface area contributed by atoms with E-state index in [-0.39, 0.29) is 12.2 Å². The first-order chi connectivity index (χ1) is 14.7. The first-order valence-electron chi connectivity index (χ1n) is 11.4. The second-order valence-electron chi connectivity index (χ2n) is 8.70.